The maximum atomic E-state index is 6.14. The van der Waals surface area contributed by atoms with Crippen molar-refractivity contribution in [3.63, 3.8) is 0 Å². The fraction of sp³-hybridized carbons (Fsp3) is 0.733. The van der Waals surface area contributed by atoms with Gasteiger partial charge in [0.1, 0.15) is 0 Å². The van der Waals surface area contributed by atoms with Crippen LogP contribution in [0.2, 0.25) is 4.34 Å². The average molecular weight is 301 g/mol. The van der Waals surface area contributed by atoms with Crippen LogP contribution in [0.5, 0.6) is 0 Å². The molecule has 1 aromatic heterocycles. The van der Waals surface area contributed by atoms with E-state index in [1.807, 2.05) is 0 Å². The van der Waals surface area contributed by atoms with Crippen LogP contribution in [0.1, 0.15) is 49.6 Å². The average Bonchev–Trinajstić information content (AvgIpc) is 2.75. The molecule has 0 aromatic carbocycles. The van der Waals surface area contributed by atoms with Gasteiger partial charge in [0.2, 0.25) is 0 Å². The molecule has 0 saturated carbocycles. The lowest BCUT2D eigenvalue weighted by Crippen LogP contribution is -2.31. The highest BCUT2D eigenvalue weighted by Crippen LogP contribution is 2.37. The van der Waals surface area contributed by atoms with E-state index in [1.54, 1.807) is 11.3 Å². The fourth-order valence-electron chi connectivity index (χ4n) is 2.60. The molecule has 1 heterocycles. The number of rotatable bonds is 6. The van der Waals surface area contributed by atoms with Crippen LogP contribution < -0.4 is 5.32 Å². The SMILES string of the molecule is CC(C)N(C)CCCNC1CCCc2sc(Cl)cc21. The molecule has 1 aliphatic carbocycles. The summed E-state index contributed by atoms with van der Waals surface area (Å²) in [5, 5.41) is 3.71. The third-order valence-corrected chi connectivity index (χ3v) is 5.38. The van der Waals surface area contributed by atoms with Crippen molar-refractivity contribution < 1.29 is 0 Å². The fourth-order valence-corrected chi connectivity index (χ4v) is 3.98. The van der Waals surface area contributed by atoms with Crippen molar-refractivity contribution in [2.45, 2.75) is 51.6 Å². The van der Waals surface area contributed by atoms with Gasteiger partial charge in [-0.2, -0.15) is 0 Å². The highest BCUT2D eigenvalue weighted by atomic mass is 35.5. The molecule has 1 aliphatic rings. The van der Waals surface area contributed by atoms with E-state index in [2.05, 4.69) is 37.2 Å². The van der Waals surface area contributed by atoms with E-state index in [9.17, 15) is 0 Å². The Bertz CT molecular complexity index is 403. The van der Waals surface area contributed by atoms with Crippen LogP contribution in [0.25, 0.3) is 0 Å². The number of aryl methyl sites for hydroxylation is 1. The number of halogens is 1. The second-order valence-electron chi connectivity index (χ2n) is 5.76. The maximum Gasteiger partial charge on any atom is 0.0934 e. The summed E-state index contributed by atoms with van der Waals surface area (Å²) in [6.07, 6.45) is 4.95. The van der Waals surface area contributed by atoms with E-state index in [1.165, 1.54) is 36.1 Å². The summed E-state index contributed by atoms with van der Waals surface area (Å²) in [7, 11) is 2.20. The molecule has 0 bridgehead atoms. The second kappa shape index (κ2) is 7.07. The first-order valence-corrected chi connectivity index (χ1v) is 8.49. The van der Waals surface area contributed by atoms with Gasteiger partial charge in [0.25, 0.3) is 0 Å². The van der Waals surface area contributed by atoms with E-state index in [4.69, 9.17) is 11.6 Å². The van der Waals surface area contributed by atoms with Gasteiger partial charge in [0.15, 0.2) is 0 Å². The van der Waals surface area contributed by atoms with Gasteiger partial charge in [-0.05, 0) is 71.3 Å². The molecular formula is C15H25ClN2S. The molecule has 0 amide bonds. The number of nitrogens with one attached hydrogen (secondary N) is 1. The normalized spacial score (nSPS) is 19.2. The van der Waals surface area contributed by atoms with Gasteiger partial charge in [-0.25, -0.2) is 0 Å². The molecule has 19 heavy (non-hydrogen) atoms. The molecule has 0 aliphatic heterocycles. The Morgan fingerprint density at radius 1 is 1.53 bits per heavy atom. The minimum atomic E-state index is 0.525. The van der Waals surface area contributed by atoms with Crippen LogP contribution in [-0.2, 0) is 6.42 Å². The summed E-state index contributed by atoms with van der Waals surface area (Å²) in [4.78, 5) is 3.89. The molecule has 108 valence electrons. The molecule has 1 atom stereocenters. The topological polar surface area (TPSA) is 15.3 Å². The van der Waals surface area contributed by atoms with Gasteiger partial charge < -0.3 is 10.2 Å². The van der Waals surface area contributed by atoms with Gasteiger partial charge >= 0.3 is 0 Å². The predicted octanol–water partition coefficient (Wildman–Crippen LogP) is 4.10. The minimum absolute atomic E-state index is 0.525. The van der Waals surface area contributed by atoms with Crippen molar-refractivity contribution in [3.8, 4) is 0 Å². The second-order valence-corrected chi connectivity index (χ2v) is 7.52. The third kappa shape index (κ3) is 4.19. The lowest BCUT2D eigenvalue weighted by molar-refractivity contribution is 0.267. The van der Waals surface area contributed by atoms with E-state index >= 15 is 0 Å². The van der Waals surface area contributed by atoms with Crippen LogP contribution in [0, 0.1) is 0 Å². The summed E-state index contributed by atoms with van der Waals surface area (Å²) in [6.45, 7) is 6.74. The monoisotopic (exact) mass is 300 g/mol. The van der Waals surface area contributed by atoms with Gasteiger partial charge in [-0.15, -0.1) is 11.3 Å². The van der Waals surface area contributed by atoms with Gasteiger partial charge in [-0.1, -0.05) is 11.6 Å². The Balaban J connectivity index is 1.78. The summed E-state index contributed by atoms with van der Waals surface area (Å²) in [5.74, 6) is 0. The zero-order valence-electron chi connectivity index (χ0n) is 12.2. The molecule has 4 heteroatoms. The molecule has 0 fully saturated rings. The van der Waals surface area contributed by atoms with E-state index in [-0.39, 0.29) is 0 Å². The summed E-state index contributed by atoms with van der Waals surface area (Å²) < 4.78 is 0.943. The van der Waals surface area contributed by atoms with Crippen LogP contribution in [0.3, 0.4) is 0 Å². The zero-order chi connectivity index (χ0) is 13.8. The number of nitrogens with zero attached hydrogens (tertiary/aromatic N) is 1. The highest BCUT2D eigenvalue weighted by Gasteiger charge is 2.22. The van der Waals surface area contributed by atoms with E-state index in [0.717, 1.165) is 17.4 Å². The molecular weight excluding hydrogens is 276 g/mol. The molecule has 2 nitrogen and oxygen atoms in total. The van der Waals surface area contributed by atoms with E-state index < -0.39 is 0 Å². The minimum Gasteiger partial charge on any atom is -0.310 e. The quantitative estimate of drug-likeness (QED) is 0.796. The van der Waals surface area contributed by atoms with Gasteiger partial charge in [0, 0.05) is 17.0 Å². The van der Waals surface area contributed by atoms with Gasteiger partial charge in [-0.3, -0.25) is 0 Å². The number of hydrogen-bond acceptors (Lipinski definition) is 3. The van der Waals surface area contributed by atoms with Crippen LogP contribution in [0.4, 0.5) is 0 Å². The molecule has 0 radical (unpaired) electrons. The Labute approximate surface area is 126 Å². The molecule has 0 saturated heterocycles. The lowest BCUT2D eigenvalue weighted by atomic mass is 9.94. The smallest absolute Gasteiger partial charge is 0.0934 e. The Morgan fingerprint density at radius 3 is 3.05 bits per heavy atom. The number of fused-ring (bicyclic) bond motifs is 1. The van der Waals surface area contributed by atoms with E-state index in [0.29, 0.717) is 12.1 Å². The van der Waals surface area contributed by atoms with Crippen molar-refractivity contribution in [2.75, 3.05) is 20.1 Å². The largest absolute Gasteiger partial charge is 0.310 e. The molecule has 1 unspecified atom stereocenters. The first kappa shape index (κ1) is 15.3. The molecule has 1 aromatic rings. The molecule has 1 N–H and O–H groups in total. The third-order valence-electron chi connectivity index (χ3n) is 4.04. The van der Waals surface area contributed by atoms with Crippen molar-refractivity contribution >= 4 is 22.9 Å². The number of hydrogen-bond donors (Lipinski definition) is 1. The summed E-state index contributed by atoms with van der Waals surface area (Å²) in [6, 6.07) is 3.33. The lowest BCUT2D eigenvalue weighted by Gasteiger charge is -2.25. The van der Waals surface area contributed by atoms with Crippen LogP contribution >= 0.6 is 22.9 Å². The summed E-state index contributed by atoms with van der Waals surface area (Å²) in [5.41, 5.74) is 1.46. The standard InChI is InChI=1S/C15H25ClN2S/c1-11(2)18(3)9-5-8-17-13-6-4-7-14-12(13)10-15(16)19-14/h10-11,13,17H,4-9H2,1-3H3. The zero-order valence-corrected chi connectivity index (χ0v) is 13.8. The van der Waals surface area contributed by atoms with Crippen LogP contribution in [0.15, 0.2) is 6.07 Å². The maximum absolute atomic E-state index is 6.14. The summed E-state index contributed by atoms with van der Waals surface area (Å²) >= 11 is 7.90. The Hall–Kier alpha value is -0.0900. The van der Waals surface area contributed by atoms with Crippen molar-refractivity contribution in [2.24, 2.45) is 0 Å². The van der Waals surface area contributed by atoms with Crippen molar-refractivity contribution in [1.29, 1.82) is 0 Å². The van der Waals surface area contributed by atoms with Gasteiger partial charge in [0.05, 0.1) is 4.34 Å². The van der Waals surface area contributed by atoms with Crippen LogP contribution in [-0.4, -0.2) is 31.1 Å². The Kier molecular flexibility index (Phi) is 5.70. The van der Waals surface area contributed by atoms with Crippen molar-refractivity contribution in [3.05, 3.63) is 20.8 Å². The highest BCUT2D eigenvalue weighted by molar-refractivity contribution is 7.16. The predicted molar refractivity (Wildman–Crippen MR) is 85.4 cm³/mol. The first-order valence-electron chi connectivity index (χ1n) is 7.29. The molecule has 0 spiro atoms. The van der Waals surface area contributed by atoms with Crippen molar-refractivity contribution in [1.82, 2.24) is 10.2 Å². The first-order chi connectivity index (χ1) is 9.08. The molecule has 2 rings (SSSR count). The Morgan fingerprint density at radius 2 is 2.32 bits per heavy atom. The number of thiophene rings is 1.